The summed E-state index contributed by atoms with van der Waals surface area (Å²) in [6.45, 7) is 4.83. The van der Waals surface area contributed by atoms with Gasteiger partial charge in [-0.05, 0) is 42.5 Å². The molecule has 0 spiro atoms. The van der Waals surface area contributed by atoms with Crippen LogP contribution in [0.25, 0.3) is 0 Å². The van der Waals surface area contributed by atoms with Crippen LogP contribution >= 0.6 is 0 Å². The van der Waals surface area contributed by atoms with E-state index in [2.05, 4.69) is 29.2 Å². The molecule has 3 heterocycles. The number of nitrogens with two attached hydrogens (primary N) is 1. The van der Waals surface area contributed by atoms with Crippen LogP contribution in [0, 0.1) is 5.92 Å². The Kier molecular flexibility index (Phi) is 6.82. The lowest BCUT2D eigenvalue weighted by atomic mass is 10.0. The number of hydrogen-bond acceptors (Lipinski definition) is 7. The van der Waals surface area contributed by atoms with Crippen molar-refractivity contribution in [2.45, 2.75) is 51.4 Å². The molecule has 10 heteroatoms. The molecule has 1 unspecified atom stereocenters. The molecule has 39 heavy (non-hydrogen) atoms. The summed E-state index contributed by atoms with van der Waals surface area (Å²) in [5.74, 6) is 5.61. The zero-order valence-electron chi connectivity index (χ0n) is 21.9. The van der Waals surface area contributed by atoms with E-state index < -0.39 is 17.9 Å². The number of carbonyl (C=O) groups excluding carboxylic acids is 4. The van der Waals surface area contributed by atoms with Crippen molar-refractivity contribution in [1.82, 2.24) is 19.7 Å². The topological polar surface area (TPSA) is 116 Å². The van der Waals surface area contributed by atoms with Gasteiger partial charge in [0.15, 0.2) is 0 Å². The van der Waals surface area contributed by atoms with Crippen LogP contribution in [-0.2, 0) is 34.1 Å². The first-order chi connectivity index (χ1) is 18.9. The Morgan fingerprint density at radius 2 is 1.64 bits per heavy atom. The lowest BCUT2D eigenvalue weighted by Gasteiger charge is -2.35. The average Bonchev–Trinajstić information content (AvgIpc) is 3.75. The third-order valence-corrected chi connectivity index (χ3v) is 8.19. The SMILES string of the molecule is NN1C(=O)CCC(N2Cc3c(OCc4ccc(CN5CCN(C(=O)C6CC6)CC5)cc4)cccc3C2=O)C1=O. The van der Waals surface area contributed by atoms with Crippen LogP contribution in [0.1, 0.15) is 52.7 Å². The van der Waals surface area contributed by atoms with E-state index in [1.165, 1.54) is 10.5 Å². The zero-order valence-corrected chi connectivity index (χ0v) is 21.9. The molecular formula is C29H33N5O5. The summed E-state index contributed by atoms with van der Waals surface area (Å²) in [5, 5.41) is 0.627. The number of imide groups is 1. The Morgan fingerprint density at radius 1 is 0.923 bits per heavy atom. The highest BCUT2D eigenvalue weighted by molar-refractivity contribution is 6.05. The highest BCUT2D eigenvalue weighted by Crippen LogP contribution is 2.34. The normalized spacial score (nSPS) is 21.9. The number of ether oxygens (including phenoxy) is 1. The van der Waals surface area contributed by atoms with Crippen LogP contribution in [-0.4, -0.2) is 75.6 Å². The van der Waals surface area contributed by atoms with Gasteiger partial charge in [-0.3, -0.25) is 24.1 Å². The molecule has 3 aliphatic heterocycles. The number of carbonyl (C=O) groups is 4. The van der Waals surface area contributed by atoms with Gasteiger partial charge in [0.25, 0.3) is 11.8 Å². The van der Waals surface area contributed by atoms with E-state index in [0.29, 0.717) is 28.8 Å². The Hall–Kier alpha value is -3.76. The van der Waals surface area contributed by atoms with Gasteiger partial charge in [0.05, 0.1) is 6.54 Å². The van der Waals surface area contributed by atoms with Crippen LogP contribution in [0.5, 0.6) is 5.75 Å². The summed E-state index contributed by atoms with van der Waals surface area (Å²) in [7, 11) is 0. The first-order valence-corrected chi connectivity index (χ1v) is 13.6. The van der Waals surface area contributed by atoms with Gasteiger partial charge in [-0.2, -0.15) is 0 Å². The van der Waals surface area contributed by atoms with Crippen LogP contribution in [0.15, 0.2) is 42.5 Å². The minimum absolute atomic E-state index is 0.128. The van der Waals surface area contributed by atoms with Crippen LogP contribution in [0.4, 0.5) is 0 Å². The van der Waals surface area contributed by atoms with Crippen LogP contribution < -0.4 is 10.6 Å². The molecule has 204 valence electrons. The number of hydrogen-bond donors (Lipinski definition) is 1. The standard InChI is InChI=1S/C29H33N5O5/c30-34-26(35)11-10-24(29(34)38)33-17-23-22(28(33)37)2-1-3-25(23)39-18-20-6-4-19(5-7-20)16-31-12-14-32(15-13-31)27(36)21-8-9-21/h1-7,21,24H,8-18,30H2. The minimum atomic E-state index is -0.755. The molecule has 3 fully saturated rings. The number of piperidine rings is 1. The van der Waals surface area contributed by atoms with Gasteiger partial charge in [0, 0.05) is 56.2 Å². The molecule has 0 aromatic heterocycles. The third kappa shape index (κ3) is 5.14. The van der Waals surface area contributed by atoms with Gasteiger partial charge in [0.2, 0.25) is 11.8 Å². The first kappa shape index (κ1) is 25.5. The maximum absolute atomic E-state index is 13.1. The van der Waals surface area contributed by atoms with Crippen molar-refractivity contribution in [2.75, 3.05) is 26.2 Å². The van der Waals surface area contributed by atoms with Crippen molar-refractivity contribution >= 4 is 23.6 Å². The molecular weight excluding hydrogens is 498 g/mol. The van der Waals surface area contributed by atoms with Crippen LogP contribution in [0.2, 0.25) is 0 Å². The molecule has 1 saturated carbocycles. The lowest BCUT2D eigenvalue weighted by Crippen LogP contribution is -2.57. The van der Waals surface area contributed by atoms with Gasteiger partial charge in [-0.1, -0.05) is 30.3 Å². The summed E-state index contributed by atoms with van der Waals surface area (Å²) < 4.78 is 6.13. The van der Waals surface area contributed by atoms with E-state index in [9.17, 15) is 19.2 Å². The van der Waals surface area contributed by atoms with E-state index >= 15 is 0 Å². The summed E-state index contributed by atoms with van der Waals surface area (Å²) in [6.07, 6.45) is 2.50. The lowest BCUT2D eigenvalue weighted by molar-refractivity contribution is -0.152. The number of rotatable bonds is 7. The molecule has 10 nitrogen and oxygen atoms in total. The summed E-state index contributed by atoms with van der Waals surface area (Å²) in [4.78, 5) is 55.6. The number of benzene rings is 2. The number of hydrazine groups is 1. The molecule has 6 rings (SSSR count). The molecule has 2 saturated heterocycles. The molecule has 4 amide bonds. The van der Waals surface area contributed by atoms with Crippen molar-refractivity contribution in [1.29, 1.82) is 0 Å². The molecule has 2 aromatic carbocycles. The molecule has 1 atom stereocenters. The van der Waals surface area contributed by atoms with Crippen molar-refractivity contribution in [3.63, 3.8) is 0 Å². The Balaban J connectivity index is 1.04. The molecule has 1 aliphatic carbocycles. The second-order valence-electron chi connectivity index (χ2n) is 10.9. The zero-order chi connectivity index (χ0) is 27.1. The van der Waals surface area contributed by atoms with Crippen molar-refractivity contribution in [3.05, 3.63) is 64.7 Å². The largest absolute Gasteiger partial charge is 0.489 e. The van der Waals surface area contributed by atoms with Gasteiger partial charge in [-0.25, -0.2) is 10.9 Å². The van der Waals surface area contributed by atoms with E-state index in [1.807, 2.05) is 11.0 Å². The summed E-state index contributed by atoms with van der Waals surface area (Å²) in [5.41, 5.74) is 3.48. The maximum atomic E-state index is 13.1. The fourth-order valence-corrected chi connectivity index (χ4v) is 5.66. The minimum Gasteiger partial charge on any atom is -0.489 e. The summed E-state index contributed by atoms with van der Waals surface area (Å²) in [6, 6.07) is 12.9. The number of fused-ring (bicyclic) bond motifs is 1. The molecule has 0 radical (unpaired) electrons. The number of amides is 4. The fraction of sp³-hybridized carbons (Fsp3) is 0.448. The van der Waals surface area contributed by atoms with Gasteiger partial charge in [-0.15, -0.1) is 0 Å². The number of piperazine rings is 1. The fourth-order valence-electron chi connectivity index (χ4n) is 5.66. The highest BCUT2D eigenvalue weighted by atomic mass is 16.5. The quantitative estimate of drug-likeness (QED) is 0.328. The molecule has 2 N–H and O–H groups in total. The predicted molar refractivity (Wildman–Crippen MR) is 141 cm³/mol. The van der Waals surface area contributed by atoms with E-state index in [4.69, 9.17) is 10.6 Å². The molecule has 0 bridgehead atoms. The van der Waals surface area contributed by atoms with E-state index in [-0.39, 0.29) is 31.2 Å². The summed E-state index contributed by atoms with van der Waals surface area (Å²) >= 11 is 0. The van der Waals surface area contributed by atoms with Gasteiger partial charge < -0.3 is 14.5 Å². The van der Waals surface area contributed by atoms with Crippen molar-refractivity contribution in [2.24, 2.45) is 11.8 Å². The maximum Gasteiger partial charge on any atom is 0.266 e. The van der Waals surface area contributed by atoms with Crippen molar-refractivity contribution in [3.8, 4) is 5.75 Å². The average molecular weight is 532 g/mol. The second-order valence-corrected chi connectivity index (χ2v) is 10.9. The monoisotopic (exact) mass is 531 g/mol. The van der Waals surface area contributed by atoms with Gasteiger partial charge in [0.1, 0.15) is 18.4 Å². The van der Waals surface area contributed by atoms with E-state index in [0.717, 1.165) is 56.7 Å². The van der Waals surface area contributed by atoms with Crippen molar-refractivity contribution < 1.29 is 23.9 Å². The first-order valence-electron chi connectivity index (χ1n) is 13.6. The Bertz CT molecular complexity index is 1300. The Morgan fingerprint density at radius 3 is 2.36 bits per heavy atom. The predicted octanol–water partition coefficient (Wildman–Crippen LogP) is 1.67. The Labute approximate surface area is 227 Å². The number of nitrogens with zero attached hydrogens (tertiary/aromatic N) is 4. The van der Waals surface area contributed by atoms with E-state index in [1.54, 1.807) is 12.1 Å². The molecule has 4 aliphatic rings. The third-order valence-electron chi connectivity index (χ3n) is 8.19. The highest BCUT2D eigenvalue weighted by Gasteiger charge is 2.42. The molecule has 2 aromatic rings. The van der Waals surface area contributed by atoms with Gasteiger partial charge >= 0.3 is 0 Å². The second kappa shape index (κ2) is 10.4. The van der Waals surface area contributed by atoms with Crippen LogP contribution in [0.3, 0.4) is 0 Å². The smallest absolute Gasteiger partial charge is 0.266 e.